The fourth-order valence-corrected chi connectivity index (χ4v) is 2.93. The maximum Gasteiger partial charge on any atom is 0.0948 e. The Hall–Kier alpha value is -2.13. The lowest BCUT2D eigenvalue weighted by Gasteiger charge is -2.14. The second kappa shape index (κ2) is 8.65. The van der Waals surface area contributed by atoms with Crippen molar-refractivity contribution in [2.45, 2.75) is 33.1 Å². The maximum atomic E-state index is 8.42. The molecule has 0 aliphatic carbocycles. The van der Waals surface area contributed by atoms with Crippen LogP contribution in [0.25, 0.3) is 5.57 Å². The molecule has 0 radical (unpaired) electrons. The fourth-order valence-electron chi connectivity index (χ4n) is 2.75. The SMILES string of the molecule is C/C=C\CCc1ccc(Cl)cc1/C(=C\C)CC(=N)c1cncn1C. The number of allylic oxidation sites excluding steroid dienone is 4. The average molecular weight is 342 g/mol. The van der Waals surface area contributed by atoms with E-state index in [4.69, 9.17) is 17.0 Å². The van der Waals surface area contributed by atoms with Crippen LogP contribution >= 0.6 is 11.6 Å². The van der Waals surface area contributed by atoms with Crippen LogP contribution in [0.3, 0.4) is 0 Å². The van der Waals surface area contributed by atoms with Crippen LogP contribution in [0, 0.1) is 5.41 Å². The second-order valence-corrected chi connectivity index (χ2v) is 6.20. The van der Waals surface area contributed by atoms with Crippen LogP contribution in [0.5, 0.6) is 0 Å². The third-order valence-electron chi connectivity index (χ3n) is 4.08. The largest absolute Gasteiger partial charge is 0.333 e. The van der Waals surface area contributed by atoms with Gasteiger partial charge in [-0.15, -0.1) is 0 Å². The van der Waals surface area contributed by atoms with Crippen molar-refractivity contribution in [3.8, 4) is 0 Å². The molecule has 3 nitrogen and oxygen atoms in total. The first kappa shape index (κ1) is 18.2. The van der Waals surface area contributed by atoms with Gasteiger partial charge < -0.3 is 9.98 Å². The van der Waals surface area contributed by atoms with Crippen molar-refractivity contribution in [2.24, 2.45) is 7.05 Å². The monoisotopic (exact) mass is 341 g/mol. The summed E-state index contributed by atoms with van der Waals surface area (Å²) in [6.45, 7) is 4.05. The van der Waals surface area contributed by atoms with Crippen LogP contribution in [0.15, 0.2) is 49.0 Å². The molecule has 1 N–H and O–H groups in total. The highest BCUT2D eigenvalue weighted by Crippen LogP contribution is 2.28. The van der Waals surface area contributed by atoms with E-state index in [2.05, 4.69) is 29.3 Å². The van der Waals surface area contributed by atoms with Gasteiger partial charge in [0, 0.05) is 18.5 Å². The lowest BCUT2D eigenvalue weighted by atomic mass is 9.92. The zero-order valence-corrected chi connectivity index (χ0v) is 15.3. The number of benzene rings is 1. The first-order valence-electron chi connectivity index (χ1n) is 8.16. The molecule has 0 amide bonds. The highest BCUT2D eigenvalue weighted by molar-refractivity contribution is 6.30. The van der Waals surface area contributed by atoms with Crippen molar-refractivity contribution in [3.63, 3.8) is 0 Å². The zero-order chi connectivity index (χ0) is 17.5. The van der Waals surface area contributed by atoms with Crippen molar-refractivity contribution in [2.75, 3.05) is 0 Å². The molecule has 0 saturated heterocycles. The topological polar surface area (TPSA) is 41.7 Å². The molecule has 0 unspecified atom stereocenters. The van der Waals surface area contributed by atoms with Crippen molar-refractivity contribution in [3.05, 3.63) is 70.8 Å². The molecule has 0 aliphatic heterocycles. The zero-order valence-electron chi connectivity index (χ0n) is 14.5. The smallest absolute Gasteiger partial charge is 0.0948 e. The molecular weight excluding hydrogens is 318 g/mol. The number of halogens is 1. The van der Waals surface area contributed by atoms with Crippen LogP contribution in [0.4, 0.5) is 0 Å². The summed E-state index contributed by atoms with van der Waals surface area (Å²) in [4.78, 5) is 4.10. The highest BCUT2D eigenvalue weighted by Gasteiger charge is 2.13. The fraction of sp³-hybridized carbons (Fsp3) is 0.300. The Morgan fingerprint density at radius 3 is 2.75 bits per heavy atom. The van der Waals surface area contributed by atoms with E-state index in [1.807, 2.05) is 37.6 Å². The molecule has 1 aromatic heterocycles. The molecule has 4 heteroatoms. The summed E-state index contributed by atoms with van der Waals surface area (Å²) in [5, 5.41) is 9.14. The molecular formula is C20H24ClN3. The van der Waals surface area contributed by atoms with E-state index >= 15 is 0 Å². The van der Waals surface area contributed by atoms with Crippen LogP contribution in [0.1, 0.15) is 43.5 Å². The molecule has 1 heterocycles. The van der Waals surface area contributed by atoms with Gasteiger partial charge in [-0.1, -0.05) is 35.9 Å². The Balaban J connectivity index is 2.28. The number of rotatable bonds is 7. The standard InChI is InChI=1S/C20H24ClN3/c1-4-6-7-8-16-9-10-17(21)12-18(16)15(5-2)11-19(22)20-13-23-14-24(20)3/h4-6,9-10,12-14,22H,7-8,11H2,1-3H3/b6-4-,15-5-,22-19?. The van der Waals surface area contributed by atoms with Gasteiger partial charge in [-0.05, 0) is 55.5 Å². The minimum absolute atomic E-state index is 0.558. The summed E-state index contributed by atoms with van der Waals surface area (Å²) in [6, 6.07) is 6.05. The summed E-state index contributed by atoms with van der Waals surface area (Å²) in [5.41, 5.74) is 4.93. The average Bonchev–Trinajstić information content (AvgIpc) is 3.00. The summed E-state index contributed by atoms with van der Waals surface area (Å²) >= 11 is 6.23. The first-order valence-corrected chi connectivity index (χ1v) is 8.53. The Labute approximate surface area is 149 Å². The van der Waals surface area contributed by atoms with Crippen molar-refractivity contribution in [1.29, 1.82) is 5.41 Å². The summed E-state index contributed by atoms with van der Waals surface area (Å²) < 4.78 is 1.88. The third kappa shape index (κ3) is 4.45. The molecule has 0 bridgehead atoms. The van der Waals surface area contributed by atoms with Gasteiger partial charge in [-0.3, -0.25) is 0 Å². The third-order valence-corrected chi connectivity index (χ3v) is 4.31. The lowest BCUT2D eigenvalue weighted by Crippen LogP contribution is -2.07. The van der Waals surface area contributed by atoms with Gasteiger partial charge in [0.25, 0.3) is 0 Å². The molecule has 126 valence electrons. The molecule has 0 atom stereocenters. The van der Waals surface area contributed by atoms with E-state index in [1.54, 1.807) is 12.5 Å². The lowest BCUT2D eigenvalue weighted by molar-refractivity contribution is 0.898. The minimum Gasteiger partial charge on any atom is -0.333 e. The number of aromatic nitrogens is 2. The number of nitrogens with zero attached hydrogens (tertiary/aromatic N) is 2. The predicted molar refractivity (Wildman–Crippen MR) is 103 cm³/mol. The van der Waals surface area contributed by atoms with Gasteiger partial charge in [-0.2, -0.15) is 0 Å². The molecule has 0 spiro atoms. The molecule has 0 fully saturated rings. The Morgan fingerprint density at radius 2 is 2.12 bits per heavy atom. The Bertz CT molecular complexity index is 769. The van der Waals surface area contributed by atoms with E-state index < -0.39 is 0 Å². The molecule has 0 aliphatic rings. The number of nitrogens with one attached hydrogen (secondary N) is 1. The highest BCUT2D eigenvalue weighted by atomic mass is 35.5. The van der Waals surface area contributed by atoms with Crippen LogP contribution in [-0.4, -0.2) is 15.3 Å². The van der Waals surface area contributed by atoms with Crippen LogP contribution in [-0.2, 0) is 13.5 Å². The predicted octanol–water partition coefficient (Wildman–Crippen LogP) is 5.44. The van der Waals surface area contributed by atoms with Gasteiger partial charge in [-0.25, -0.2) is 4.98 Å². The van der Waals surface area contributed by atoms with E-state index in [9.17, 15) is 0 Å². The number of hydrogen-bond donors (Lipinski definition) is 1. The summed E-state index contributed by atoms with van der Waals surface area (Å²) in [7, 11) is 1.91. The van der Waals surface area contributed by atoms with Crippen molar-refractivity contribution in [1.82, 2.24) is 9.55 Å². The van der Waals surface area contributed by atoms with E-state index in [-0.39, 0.29) is 0 Å². The van der Waals surface area contributed by atoms with Crippen LogP contribution < -0.4 is 0 Å². The second-order valence-electron chi connectivity index (χ2n) is 5.77. The van der Waals surface area contributed by atoms with Gasteiger partial charge in [0.15, 0.2) is 0 Å². The molecule has 2 rings (SSSR count). The van der Waals surface area contributed by atoms with Gasteiger partial charge >= 0.3 is 0 Å². The Kier molecular flexibility index (Phi) is 6.56. The molecule has 1 aromatic carbocycles. The number of hydrogen-bond acceptors (Lipinski definition) is 2. The van der Waals surface area contributed by atoms with Gasteiger partial charge in [0.1, 0.15) is 0 Å². The maximum absolute atomic E-state index is 8.42. The molecule has 0 saturated carbocycles. The first-order chi connectivity index (χ1) is 11.6. The van der Waals surface area contributed by atoms with E-state index in [0.717, 1.165) is 34.7 Å². The quantitative estimate of drug-likeness (QED) is 0.528. The van der Waals surface area contributed by atoms with E-state index in [0.29, 0.717) is 12.1 Å². The van der Waals surface area contributed by atoms with Crippen molar-refractivity contribution >= 4 is 22.9 Å². The molecule has 2 aromatic rings. The van der Waals surface area contributed by atoms with Crippen LogP contribution in [0.2, 0.25) is 5.02 Å². The normalized spacial score (nSPS) is 12.1. The van der Waals surface area contributed by atoms with Gasteiger partial charge in [0.05, 0.1) is 23.9 Å². The summed E-state index contributed by atoms with van der Waals surface area (Å²) in [6.07, 6.45) is 12.3. The van der Waals surface area contributed by atoms with Crippen molar-refractivity contribution < 1.29 is 0 Å². The minimum atomic E-state index is 0.558. The van der Waals surface area contributed by atoms with E-state index in [1.165, 1.54) is 5.56 Å². The van der Waals surface area contributed by atoms with Gasteiger partial charge in [0.2, 0.25) is 0 Å². The summed E-state index contributed by atoms with van der Waals surface area (Å²) in [5.74, 6) is 0. The number of imidazole rings is 1. The molecule has 24 heavy (non-hydrogen) atoms. The number of aryl methyl sites for hydroxylation is 2. The Morgan fingerprint density at radius 1 is 1.33 bits per heavy atom.